The molecule has 0 saturated carbocycles. The van der Waals surface area contributed by atoms with Crippen molar-refractivity contribution in [1.82, 2.24) is 15.5 Å². The first kappa shape index (κ1) is 17.1. The molecule has 0 aromatic heterocycles. The van der Waals surface area contributed by atoms with E-state index in [-0.39, 0.29) is 6.04 Å². The van der Waals surface area contributed by atoms with Crippen molar-refractivity contribution >= 4 is 17.5 Å². The standard InChI is InChI=1S/C15H20ClF2N3O/c1-21(2)13(10-5-3-4-6-11(10)16)8-19-14(22)12-7-15(17,18)9-20-12/h3-6,12-13,20H,7-9H2,1-2H3,(H,19,22). The van der Waals surface area contributed by atoms with E-state index in [0.29, 0.717) is 11.6 Å². The number of rotatable bonds is 5. The van der Waals surface area contributed by atoms with Gasteiger partial charge in [-0.1, -0.05) is 29.8 Å². The average Bonchev–Trinajstić information content (AvgIpc) is 2.81. The highest BCUT2D eigenvalue weighted by atomic mass is 35.5. The van der Waals surface area contributed by atoms with Crippen LogP contribution in [0.1, 0.15) is 18.0 Å². The molecule has 1 fully saturated rings. The third kappa shape index (κ3) is 4.15. The first-order chi connectivity index (χ1) is 10.3. The Morgan fingerprint density at radius 3 is 2.73 bits per heavy atom. The third-order valence-corrected chi connectivity index (χ3v) is 4.13. The molecular weight excluding hydrogens is 312 g/mol. The van der Waals surface area contributed by atoms with Gasteiger partial charge in [0, 0.05) is 18.0 Å². The van der Waals surface area contributed by atoms with Crippen molar-refractivity contribution < 1.29 is 13.6 Å². The van der Waals surface area contributed by atoms with Gasteiger partial charge in [0.05, 0.1) is 18.6 Å². The van der Waals surface area contributed by atoms with Gasteiger partial charge in [0.2, 0.25) is 5.91 Å². The summed E-state index contributed by atoms with van der Waals surface area (Å²) in [4.78, 5) is 13.9. The minimum atomic E-state index is -2.81. The molecule has 1 aromatic rings. The topological polar surface area (TPSA) is 44.4 Å². The zero-order valence-electron chi connectivity index (χ0n) is 12.6. The van der Waals surface area contributed by atoms with Crippen molar-refractivity contribution in [2.24, 2.45) is 0 Å². The maximum Gasteiger partial charge on any atom is 0.262 e. The number of benzene rings is 1. The Morgan fingerprint density at radius 1 is 1.50 bits per heavy atom. The van der Waals surface area contributed by atoms with Crippen LogP contribution in [0.15, 0.2) is 24.3 Å². The van der Waals surface area contributed by atoms with Gasteiger partial charge in [0.15, 0.2) is 0 Å². The fourth-order valence-corrected chi connectivity index (χ4v) is 2.80. The summed E-state index contributed by atoms with van der Waals surface area (Å²) in [6.45, 7) is -0.147. The monoisotopic (exact) mass is 331 g/mol. The van der Waals surface area contributed by atoms with E-state index in [0.717, 1.165) is 5.56 Å². The summed E-state index contributed by atoms with van der Waals surface area (Å²) in [5.41, 5.74) is 0.888. The van der Waals surface area contributed by atoms with E-state index >= 15 is 0 Å². The lowest BCUT2D eigenvalue weighted by Crippen LogP contribution is -2.43. The van der Waals surface area contributed by atoms with Gasteiger partial charge in [-0.15, -0.1) is 0 Å². The Balaban J connectivity index is 1.98. The molecular formula is C15H20ClF2N3O. The molecule has 1 aliphatic rings. The van der Waals surface area contributed by atoms with Gasteiger partial charge in [-0.05, 0) is 25.7 Å². The number of carbonyl (C=O) groups excluding carboxylic acids is 1. The van der Waals surface area contributed by atoms with Crippen LogP contribution in [0.2, 0.25) is 5.02 Å². The molecule has 1 saturated heterocycles. The smallest absolute Gasteiger partial charge is 0.262 e. The normalized spacial score (nSPS) is 21.8. The molecule has 2 unspecified atom stereocenters. The number of halogens is 3. The Labute approximate surface area is 133 Å². The van der Waals surface area contributed by atoms with Crippen LogP contribution < -0.4 is 10.6 Å². The van der Waals surface area contributed by atoms with Crippen LogP contribution in [-0.2, 0) is 4.79 Å². The fourth-order valence-electron chi connectivity index (χ4n) is 2.54. The van der Waals surface area contributed by atoms with E-state index in [1.165, 1.54) is 0 Å². The van der Waals surface area contributed by atoms with Crippen LogP contribution in [-0.4, -0.2) is 50.0 Å². The minimum absolute atomic E-state index is 0.125. The Morgan fingerprint density at radius 2 is 2.18 bits per heavy atom. The second-order valence-electron chi connectivity index (χ2n) is 5.74. The van der Waals surface area contributed by atoms with Crippen LogP contribution in [0.25, 0.3) is 0 Å². The lowest BCUT2D eigenvalue weighted by molar-refractivity contribution is -0.123. The van der Waals surface area contributed by atoms with Crippen LogP contribution in [0.3, 0.4) is 0 Å². The lowest BCUT2D eigenvalue weighted by atomic mass is 10.1. The molecule has 7 heteroatoms. The maximum absolute atomic E-state index is 13.1. The van der Waals surface area contributed by atoms with Gasteiger partial charge in [-0.25, -0.2) is 8.78 Å². The first-order valence-electron chi connectivity index (χ1n) is 7.10. The number of alkyl halides is 2. The van der Waals surface area contributed by atoms with Crippen molar-refractivity contribution in [1.29, 1.82) is 0 Å². The van der Waals surface area contributed by atoms with Crippen molar-refractivity contribution in [3.8, 4) is 0 Å². The predicted octanol–water partition coefficient (Wildman–Crippen LogP) is 2.06. The second kappa shape index (κ2) is 6.89. The first-order valence-corrected chi connectivity index (χ1v) is 7.48. The maximum atomic E-state index is 13.1. The molecule has 1 heterocycles. The molecule has 0 radical (unpaired) electrons. The van der Waals surface area contributed by atoms with Gasteiger partial charge < -0.3 is 10.2 Å². The second-order valence-corrected chi connectivity index (χ2v) is 6.15. The number of nitrogens with zero attached hydrogens (tertiary/aromatic N) is 1. The van der Waals surface area contributed by atoms with Crippen LogP contribution in [0.5, 0.6) is 0 Å². The van der Waals surface area contributed by atoms with E-state index in [1.54, 1.807) is 6.07 Å². The van der Waals surface area contributed by atoms with Gasteiger partial charge in [0.25, 0.3) is 5.92 Å². The molecule has 1 aliphatic heterocycles. The van der Waals surface area contributed by atoms with Crippen molar-refractivity contribution in [2.75, 3.05) is 27.2 Å². The van der Waals surface area contributed by atoms with E-state index in [9.17, 15) is 13.6 Å². The Hall–Kier alpha value is -1.24. The SMILES string of the molecule is CN(C)C(CNC(=O)C1CC(F)(F)CN1)c1ccccc1Cl. The summed E-state index contributed by atoms with van der Waals surface area (Å²) >= 11 is 6.19. The summed E-state index contributed by atoms with van der Waals surface area (Å²) in [6, 6.07) is 6.42. The molecule has 0 bridgehead atoms. The van der Waals surface area contributed by atoms with Crippen LogP contribution in [0, 0.1) is 0 Å². The Bertz CT molecular complexity index is 539. The van der Waals surface area contributed by atoms with Gasteiger partial charge >= 0.3 is 0 Å². The van der Waals surface area contributed by atoms with Gasteiger partial charge in [-0.3, -0.25) is 10.1 Å². The molecule has 1 amide bonds. The molecule has 4 nitrogen and oxygen atoms in total. The number of hydrogen-bond donors (Lipinski definition) is 2. The number of carbonyl (C=O) groups is 1. The summed E-state index contributed by atoms with van der Waals surface area (Å²) in [5, 5.41) is 5.90. The quantitative estimate of drug-likeness (QED) is 0.868. The summed E-state index contributed by atoms with van der Waals surface area (Å²) in [5.74, 6) is -3.22. The fraction of sp³-hybridized carbons (Fsp3) is 0.533. The van der Waals surface area contributed by atoms with Crippen molar-refractivity contribution in [3.05, 3.63) is 34.9 Å². The summed E-state index contributed by atoms with van der Waals surface area (Å²) < 4.78 is 26.3. The molecule has 0 aliphatic carbocycles. The van der Waals surface area contributed by atoms with Gasteiger partial charge in [-0.2, -0.15) is 0 Å². The molecule has 2 N–H and O–H groups in total. The van der Waals surface area contributed by atoms with Crippen molar-refractivity contribution in [2.45, 2.75) is 24.4 Å². The lowest BCUT2D eigenvalue weighted by Gasteiger charge is -2.26. The predicted molar refractivity (Wildman–Crippen MR) is 82.2 cm³/mol. The molecule has 1 aromatic carbocycles. The minimum Gasteiger partial charge on any atom is -0.353 e. The summed E-state index contributed by atoms with van der Waals surface area (Å²) in [7, 11) is 3.75. The number of nitrogens with one attached hydrogen (secondary N) is 2. The highest BCUT2D eigenvalue weighted by Gasteiger charge is 2.42. The molecule has 0 spiro atoms. The molecule has 122 valence electrons. The average molecular weight is 332 g/mol. The zero-order chi connectivity index (χ0) is 16.3. The van der Waals surface area contributed by atoms with Crippen LogP contribution >= 0.6 is 11.6 Å². The van der Waals surface area contributed by atoms with E-state index in [1.807, 2.05) is 37.2 Å². The molecule has 2 rings (SSSR count). The van der Waals surface area contributed by atoms with E-state index in [4.69, 9.17) is 11.6 Å². The van der Waals surface area contributed by atoms with E-state index in [2.05, 4.69) is 10.6 Å². The van der Waals surface area contributed by atoms with Gasteiger partial charge in [0.1, 0.15) is 0 Å². The highest BCUT2D eigenvalue weighted by Crippen LogP contribution is 2.27. The highest BCUT2D eigenvalue weighted by molar-refractivity contribution is 6.31. The number of likely N-dealkylation sites (N-methyl/N-ethyl adjacent to an activating group) is 1. The van der Waals surface area contributed by atoms with Crippen LogP contribution in [0.4, 0.5) is 8.78 Å². The number of hydrogen-bond acceptors (Lipinski definition) is 3. The van der Waals surface area contributed by atoms with E-state index < -0.39 is 30.8 Å². The third-order valence-electron chi connectivity index (χ3n) is 3.78. The zero-order valence-corrected chi connectivity index (χ0v) is 13.3. The molecule has 2 atom stereocenters. The van der Waals surface area contributed by atoms with Crippen molar-refractivity contribution in [3.63, 3.8) is 0 Å². The molecule has 22 heavy (non-hydrogen) atoms. The summed E-state index contributed by atoms with van der Waals surface area (Å²) in [6.07, 6.45) is -0.461. The number of amides is 1. The largest absolute Gasteiger partial charge is 0.353 e. The Kier molecular flexibility index (Phi) is 5.36.